The molecule has 3 heteroatoms. The van der Waals surface area contributed by atoms with E-state index < -0.39 is 0 Å². The van der Waals surface area contributed by atoms with Crippen LogP contribution in [0, 0.1) is 17.8 Å². The predicted molar refractivity (Wildman–Crippen MR) is 78.7 cm³/mol. The summed E-state index contributed by atoms with van der Waals surface area (Å²) < 4.78 is 0. The average molecular weight is 266 g/mol. The third-order valence-electron chi connectivity index (χ3n) is 5.22. The van der Waals surface area contributed by atoms with Gasteiger partial charge in [-0.15, -0.1) is 0 Å². The number of rotatable bonds is 2. The Kier molecular flexibility index (Phi) is 5.26. The molecule has 0 spiro atoms. The van der Waals surface area contributed by atoms with Crippen molar-refractivity contribution >= 4 is 5.91 Å². The zero-order valence-corrected chi connectivity index (χ0v) is 12.6. The van der Waals surface area contributed by atoms with E-state index in [2.05, 4.69) is 18.7 Å². The summed E-state index contributed by atoms with van der Waals surface area (Å²) in [5.74, 6) is 1.90. The fourth-order valence-electron chi connectivity index (χ4n) is 3.72. The second-order valence-electron chi connectivity index (χ2n) is 6.72. The minimum absolute atomic E-state index is 0.0851. The highest BCUT2D eigenvalue weighted by molar-refractivity contribution is 5.79. The van der Waals surface area contributed by atoms with Gasteiger partial charge in [-0.25, -0.2) is 0 Å². The van der Waals surface area contributed by atoms with Gasteiger partial charge in [0.05, 0.1) is 5.92 Å². The quantitative estimate of drug-likeness (QED) is 0.835. The standard InChI is InChI=1S/C16H30N2O/c1-3-13-5-4-9-18(10-8-13)16(19)14-11-12(2)6-7-15(14)17/h12-15H,3-11,17H2,1-2H3. The molecule has 0 aromatic carbocycles. The maximum Gasteiger partial charge on any atom is 0.227 e. The number of hydrogen-bond donors (Lipinski definition) is 1. The van der Waals surface area contributed by atoms with Crippen LogP contribution >= 0.6 is 0 Å². The molecule has 2 rings (SSSR count). The van der Waals surface area contributed by atoms with Crippen LogP contribution in [0.15, 0.2) is 0 Å². The van der Waals surface area contributed by atoms with Crippen LogP contribution < -0.4 is 5.73 Å². The minimum Gasteiger partial charge on any atom is -0.342 e. The zero-order chi connectivity index (χ0) is 13.8. The van der Waals surface area contributed by atoms with Crippen molar-refractivity contribution in [3.8, 4) is 0 Å². The van der Waals surface area contributed by atoms with Crippen molar-refractivity contribution in [1.82, 2.24) is 4.90 Å². The molecule has 1 aliphatic heterocycles. The Morgan fingerprint density at radius 2 is 2.00 bits per heavy atom. The van der Waals surface area contributed by atoms with E-state index in [9.17, 15) is 4.79 Å². The van der Waals surface area contributed by atoms with Gasteiger partial charge in [0.25, 0.3) is 0 Å². The molecule has 2 N–H and O–H groups in total. The van der Waals surface area contributed by atoms with Crippen molar-refractivity contribution in [2.24, 2.45) is 23.5 Å². The van der Waals surface area contributed by atoms with Gasteiger partial charge in [-0.2, -0.15) is 0 Å². The lowest BCUT2D eigenvalue weighted by Gasteiger charge is -2.35. The summed E-state index contributed by atoms with van der Waals surface area (Å²) >= 11 is 0. The van der Waals surface area contributed by atoms with Crippen molar-refractivity contribution in [2.75, 3.05) is 13.1 Å². The van der Waals surface area contributed by atoms with E-state index >= 15 is 0 Å². The Balaban J connectivity index is 1.94. The van der Waals surface area contributed by atoms with E-state index in [0.29, 0.717) is 11.8 Å². The monoisotopic (exact) mass is 266 g/mol. The smallest absolute Gasteiger partial charge is 0.227 e. The second-order valence-corrected chi connectivity index (χ2v) is 6.72. The maximum atomic E-state index is 12.7. The SMILES string of the molecule is CCC1CCCN(C(=O)C2CC(C)CCC2N)CC1. The lowest BCUT2D eigenvalue weighted by Crippen LogP contribution is -2.47. The van der Waals surface area contributed by atoms with Crippen molar-refractivity contribution in [2.45, 2.75) is 64.8 Å². The Bertz CT molecular complexity index is 305. The van der Waals surface area contributed by atoms with Crippen LogP contribution in [0.5, 0.6) is 0 Å². The number of nitrogens with two attached hydrogens (primary N) is 1. The van der Waals surface area contributed by atoms with E-state index in [0.717, 1.165) is 31.8 Å². The minimum atomic E-state index is 0.0851. The lowest BCUT2D eigenvalue weighted by molar-refractivity contribution is -0.137. The highest BCUT2D eigenvalue weighted by Gasteiger charge is 2.34. The van der Waals surface area contributed by atoms with Gasteiger partial charge in [-0.1, -0.05) is 20.3 Å². The van der Waals surface area contributed by atoms with Crippen LogP contribution in [-0.4, -0.2) is 29.9 Å². The third-order valence-corrected chi connectivity index (χ3v) is 5.22. The van der Waals surface area contributed by atoms with E-state index in [1.54, 1.807) is 0 Å². The van der Waals surface area contributed by atoms with Crippen LogP contribution in [0.1, 0.15) is 58.8 Å². The summed E-state index contributed by atoms with van der Waals surface area (Å²) in [6.45, 7) is 6.42. The molecule has 0 aromatic heterocycles. The number of hydrogen-bond acceptors (Lipinski definition) is 2. The number of amides is 1. The van der Waals surface area contributed by atoms with Crippen LogP contribution in [0.3, 0.4) is 0 Å². The van der Waals surface area contributed by atoms with Gasteiger partial charge < -0.3 is 10.6 Å². The molecule has 2 fully saturated rings. The van der Waals surface area contributed by atoms with Crippen LogP contribution in [0.4, 0.5) is 0 Å². The van der Waals surface area contributed by atoms with Crippen molar-refractivity contribution in [1.29, 1.82) is 0 Å². The largest absolute Gasteiger partial charge is 0.342 e. The molecule has 1 heterocycles. The highest BCUT2D eigenvalue weighted by atomic mass is 16.2. The third kappa shape index (κ3) is 3.71. The molecule has 0 aromatic rings. The van der Waals surface area contributed by atoms with Crippen molar-refractivity contribution in [3.63, 3.8) is 0 Å². The first-order valence-corrected chi connectivity index (χ1v) is 8.16. The molecule has 4 atom stereocenters. The molecule has 110 valence electrons. The first-order chi connectivity index (χ1) is 9.11. The molecule has 0 bridgehead atoms. The molecule has 1 aliphatic carbocycles. The number of carbonyl (C=O) groups is 1. The van der Waals surface area contributed by atoms with Gasteiger partial charge in [-0.3, -0.25) is 4.79 Å². The summed E-state index contributed by atoms with van der Waals surface area (Å²) in [6.07, 6.45) is 8.08. The van der Waals surface area contributed by atoms with Gasteiger partial charge in [0.15, 0.2) is 0 Å². The summed E-state index contributed by atoms with van der Waals surface area (Å²) in [4.78, 5) is 14.8. The van der Waals surface area contributed by atoms with E-state index in [4.69, 9.17) is 5.73 Å². The molecule has 1 amide bonds. The first kappa shape index (κ1) is 14.8. The summed E-state index contributed by atoms with van der Waals surface area (Å²) in [7, 11) is 0. The van der Waals surface area contributed by atoms with Crippen LogP contribution in [-0.2, 0) is 4.79 Å². The van der Waals surface area contributed by atoms with Crippen molar-refractivity contribution < 1.29 is 4.79 Å². The zero-order valence-electron chi connectivity index (χ0n) is 12.6. The first-order valence-electron chi connectivity index (χ1n) is 8.16. The van der Waals surface area contributed by atoms with E-state index in [-0.39, 0.29) is 12.0 Å². The van der Waals surface area contributed by atoms with Crippen LogP contribution in [0.2, 0.25) is 0 Å². The second kappa shape index (κ2) is 6.74. The summed E-state index contributed by atoms with van der Waals surface area (Å²) in [5, 5.41) is 0. The van der Waals surface area contributed by atoms with Crippen LogP contribution in [0.25, 0.3) is 0 Å². The molecule has 2 aliphatic rings. The summed E-state index contributed by atoms with van der Waals surface area (Å²) in [5.41, 5.74) is 6.19. The molecule has 1 saturated carbocycles. The lowest BCUT2D eigenvalue weighted by atomic mass is 9.78. The Hall–Kier alpha value is -0.570. The highest BCUT2D eigenvalue weighted by Crippen LogP contribution is 2.30. The van der Waals surface area contributed by atoms with Gasteiger partial charge in [0.2, 0.25) is 5.91 Å². The fourth-order valence-corrected chi connectivity index (χ4v) is 3.72. The molecule has 3 nitrogen and oxygen atoms in total. The Morgan fingerprint density at radius 3 is 2.74 bits per heavy atom. The summed E-state index contributed by atoms with van der Waals surface area (Å²) in [6, 6.07) is 0.0916. The number of nitrogens with zero attached hydrogens (tertiary/aromatic N) is 1. The van der Waals surface area contributed by atoms with Gasteiger partial charge in [0.1, 0.15) is 0 Å². The van der Waals surface area contributed by atoms with Gasteiger partial charge >= 0.3 is 0 Å². The van der Waals surface area contributed by atoms with E-state index in [1.165, 1.54) is 32.1 Å². The van der Waals surface area contributed by atoms with Gasteiger partial charge in [0, 0.05) is 19.1 Å². The molecular weight excluding hydrogens is 236 g/mol. The molecule has 1 saturated heterocycles. The Morgan fingerprint density at radius 1 is 1.21 bits per heavy atom. The van der Waals surface area contributed by atoms with Gasteiger partial charge in [-0.05, 0) is 50.4 Å². The normalized spacial score (nSPS) is 36.9. The Labute approximate surface area is 117 Å². The number of likely N-dealkylation sites (tertiary alicyclic amines) is 1. The van der Waals surface area contributed by atoms with Crippen molar-refractivity contribution in [3.05, 3.63) is 0 Å². The van der Waals surface area contributed by atoms with E-state index in [1.807, 2.05) is 0 Å². The maximum absolute atomic E-state index is 12.7. The molecule has 19 heavy (non-hydrogen) atoms. The molecule has 4 unspecified atom stereocenters. The molecular formula is C16H30N2O. The molecule has 0 radical (unpaired) electrons. The average Bonchev–Trinajstić information content (AvgIpc) is 2.66. The topological polar surface area (TPSA) is 46.3 Å². The fraction of sp³-hybridized carbons (Fsp3) is 0.938. The predicted octanol–water partition coefficient (Wildman–Crippen LogP) is 2.79. The number of carbonyl (C=O) groups excluding carboxylic acids is 1.